The number of nitrogens with zero attached hydrogens (tertiary/aromatic N) is 2. The van der Waals surface area contributed by atoms with E-state index in [1.165, 1.54) is 53.6 Å². The van der Waals surface area contributed by atoms with E-state index < -0.39 is 0 Å². The van der Waals surface area contributed by atoms with Crippen molar-refractivity contribution in [3.05, 3.63) is 145 Å². The zero-order chi connectivity index (χ0) is 29.4. The summed E-state index contributed by atoms with van der Waals surface area (Å²) in [5.41, 5.74) is 12.8. The summed E-state index contributed by atoms with van der Waals surface area (Å²) >= 11 is 1.86. The van der Waals surface area contributed by atoms with Crippen LogP contribution in [0.15, 0.2) is 134 Å². The van der Waals surface area contributed by atoms with Gasteiger partial charge in [0.1, 0.15) is 0 Å². The Morgan fingerprint density at radius 3 is 2.16 bits per heavy atom. The second kappa shape index (κ2) is 9.44. The largest absolute Gasteiger partial charge is 0.256 e. The fraction of sp³-hybridized carbons (Fsp3) is 0.0732. The van der Waals surface area contributed by atoms with Crippen molar-refractivity contribution in [2.75, 3.05) is 0 Å². The van der Waals surface area contributed by atoms with Gasteiger partial charge in [0.2, 0.25) is 0 Å². The van der Waals surface area contributed by atoms with Crippen molar-refractivity contribution in [1.82, 2.24) is 9.97 Å². The van der Waals surface area contributed by atoms with Crippen molar-refractivity contribution >= 4 is 42.4 Å². The predicted molar refractivity (Wildman–Crippen MR) is 186 cm³/mol. The minimum atomic E-state index is -0.0694. The molecule has 0 bridgehead atoms. The number of benzene rings is 5. The van der Waals surface area contributed by atoms with Crippen LogP contribution < -0.4 is 0 Å². The molecule has 1 aliphatic carbocycles. The maximum Gasteiger partial charge on any atom is 0.0803 e. The van der Waals surface area contributed by atoms with Crippen LogP contribution in [0.5, 0.6) is 0 Å². The Balaban J connectivity index is 1.16. The predicted octanol–water partition coefficient (Wildman–Crippen LogP) is 11.3. The Morgan fingerprint density at radius 2 is 1.25 bits per heavy atom. The third-order valence-corrected chi connectivity index (χ3v) is 10.5. The van der Waals surface area contributed by atoms with Crippen LogP contribution in [0.25, 0.3) is 75.8 Å². The maximum absolute atomic E-state index is 5.31. The van der Waals surface area contributed by atoms with E-state index in [1.807, 2.05) is 23.6 Å². The minimum Gasteiger partial charge on any atom is -0.256 e. The van der Waals surface area contributed by atoms with Crippen LogP contribution in [-0.2, 0) is 5.41 Å². The first-order valence-electron chi connectivity index (χ1n) is 15.1. The molecule has 2 nitrogen and oxygen atoms in total. The normalized spacial score (nSPS) is 13.4. The van der Waals surface area contributed by atoms with Gasteiger partial charge in [-0.05, 0) is 69.8 Å². The molecule has 3 aromatic heterocycles. The highest BCUT2D eigenvalue weighted by molar-refractivity contribution is 7.25. The molecule has 1 aliphatic rings. The van der Waals surface area contributed by atoms with Crippen molar-refractivity contribution < 1.29 is 0 Å². The number of aromatic nitrogens is 2. The van der Waals surface area contributed by atoms with Crippen LogP contribution in [0.2, 0.25) is 0 Å². The monoisotopic (exact) mass is 580 g/mol. The minimum absolute atomic E-state index is 0.0694. The van der Waals surface area contributed by atoms with E-state index in [0.29, 0.717) is 0 Å². The molecular weight excluding hydrogens is 553 g/mol. The Kier molecular flexibility index (Phi) is 5.45. The molecule has 0 spiro atoms. The van der Waals surface area contributed by atoms with Gasteiger partial charge in [-0.25, -0.2) is 4.98 Å². The van der Waals surface area contributed by atoms with Gasteiger partial charge in [0, 0.05) is 48.3 Å². The second-order valence-corrected chi connectivity index (χ2v) is 13.3. The van der Waals surface area contributed by atoms with Crippen molar-refractivity contribution in [1.29, 1.82) is 0 Å². The fourth-order valence-corrected chi connectivity index (χ4v) is 8.26. The molecule has 0 unspecified atom stereocenters. The van der Waals surface area contributed by atoms with Crippen molar-refractivity contribution in [3.63, 3.8) is 0 Å². The molecule has 44 heavy (non-hydrogen) atoms. The molecule has 3 heteroatoms. The number of pyridine rings is 2. The highest BCUT2D eigenvalue weighted by Gasteiger charge is 2.35. The maximum atomic E-state index is 5.31. The molecule has 0 saturated carbocycles. The van der Waals surface area contributed by atoms with Crippen LogP contribution >= 0.6 is 11.3 Å². The molecule has 9 rings (SSSR count). The van der Waals surface area contributed by atoms with E-state index in [2.05, 4.69) is 135 Å². The Morgan fingerprint density at radius 1 is 0.545 bits per heavy atom. The quantitative estimate of drug-likeness (QED) is 0.208. The van der Waals surface area contributed by atoms with Crippen LogP contribution in [0.3, 0.4) is 0 Å². The van der Waals surface area contributed by atoms with Gasteiger partial charge in [0.15, 0.2) is 0 Å². The Hall–Kier alpha value is -5.12. The van der Waals surface area contributed by atoms with Crippen molar-refractivity contribution in [3.8, 4) is 44.8 Å². The van der Waals surface area contributed by atoms with E-state index in [1.54, 1.807) is 0 Å². The lowest BCUT2D eigenvalue weighted by Crippen LogP contribution is -2.14. The van der Waals surface area contributed by atoms with Crippen LogP contribution in [-0.4, -0.2) is 9.97 Å². The lowest BCUT2D eigenvalue weighted by atomic mass is 9.82. The molecule has 0 aliphatic heterocycles. The number of rotatable bonds is 3. The summed E-state index contributed by atoms with van der Waals surface area (Å²) in [6, 6.07) is 46.1. The Bertz CT molecular complexity index is 2410. The molecule has 0 N–H and O–H groups in total. The average Bonchev–Trinajstić information content (AvgIpc) is 3.56. The van der Waals surface area contributed by atoms with E-state index in [0.717, 1.165) is 33.4 Å². The number of fused-ring (bicyclic) bond motifs is 7. The molecule has 0 fully saturated rings. The first-order chi connectivity index (χ1) is 21.6. The van der Waals surface area contributed by atoms with Crippen molar-refractivity contribution in [2.24, 2.45) is 0 Å². The summed E-state index contributed by atoms with van der Waals surface area (Å²) in [5, 5.41) is 3.72. The zero-order valence-electron chi connectivity index (χ0n) is 24.5. The molecule has 0 saturated heterocycles. The molecule has 0 amide bonds. The van der Waals surface area contributed by atoms with Crippen LogP contribution in [0.4, 0.5) is 0 Å². The van der Waals surface area contributed by atoms with Gasteiger partial charge >= 0.3 is 0 Å². The lowest BCUT2D eigenvalue weighted by molar-refractivity contribution is 0.660. The summed E-state index contributed by atoms with van der Waals surface area (Å²) in [6.07, 6.45) is 1.87. The number of thiophene rings is 1. The van der Waals surface area contributed by atoms with Crippen molar-refractivity contribution in [2.45, 2.75) is 19.3 Å². The first kappa shape index (κ1) is 25.4. The van der Waals surface area contributed by atoms with Gasteiger partial charge in [-0.15, -0.1) is 11.3 Å². The second-order valence-electron chi connectivity index (χ2n) is 12.2. The molecule has 3 heterocycles. The highest BCUT2D eigenvalue weighted by Crippen LogP contribution is 2.49. The summed E-state index contributed by atoms with van der Waals surface area (Å²) in [6.45, 7) is 4.65. The summed E-state index contributed by atoms with van der Waals surface area (Å²) < 4.78 is 2.64. The Labute approximate surface area is 260 Å². The third-order valence-electron chi connectivity index (χ3n) is 9.35. The SMILES string of the molecule is CC1(C)c2ccccc2-c2ccc(-c3nc(-c4ccc(-c5cccc6sc7ccccc7c56)cc4)cc4ncccc34)cc21. The molecular formula is C41H28N2S. The topological polar surface area (TPSA) is 25.8 Å². The fourth-order valence-electron chi connectivity index (χ4n) is 7.13. The van der Waals surface area contributed by atoms with Gasteiger partial charge in [0.05, 0.1) is 16.9 Å². The summed E-state index contributed by atoms with van der Waals surface area (Å²) in [7, 11) is 0. The zero-order valence-corrected chi connectivity index (χ0v) is 25.3. The standard InChI is InChI=1S/C41H28N2S/c1-41(2)33-13-5-3-9-29(33)30-21-20-27(23-34(30)41)40-31-12-8-22-42-36(31)24-35(43-40)26-18-16-25(17-19-26)28-11-7-15-38-39(28)32-10-4-6-14-37(32)44-38/h3-24H,1-2H3. The molecule has 8 aromatic rings. The number of hydrogen-bond acceptors (Lipinski definition) is 3. The van der Waals surface area contributed by atoms with Gasteiger partial charge in [-0.3, -0.25) is 4.98 Å². The van der Waals surface area contributed by atoms with Gasteiger partial charge < -0.3 is 0 Å². The molecule has 0 atom stereocenters. The van der Waals surface area contributed by atoms with E-state index in [4.69, 9.17) is 9.97 Å². The molecule has 5 aromatic carbocycles. The third kappa shape index (κ3) is 3.73. The number of hydrogen-bond donors (Lipinski definition) is 0. The lowest BCUT2D eigenvalue weighted by Gasteiger charge is -2.22. The van der Waals surface area contributed by atoms with Crippen LogP contribution in [0, 0.1) is 0 Å². The van der Waals surface area contributed by atoms with E-state index in [9.17, 15) is 0 Å². The molecule has 208 valence electrons. The molecule has 0 radical (unpaired) electrons. The highest BCUT2D eigenvalue weighted by atomic mass is 32.1. The van der Waals surface area contributed by atoms with Gasteiger partial charge in [-0.1, -0.05) is 105 Å². The summed E-state index contributed by atoms with van der Waals surface area (Å²) in [5.74, 6) is 0. The van der Waals surface area contributed by atoms with Gasteiger partial charge in [-0.2, -0.15) is 0 Å². The first-order valence-corrected chi connectivity index (χ1v) is 15.9. The summed E-state index contributed by atoms with van der Waals surface area (Å²) in [4.78, 5) is 10.1. The smallest absolute Gasteiger partial charge is 0.0803 e. The van der Waals surface area contributed by atoms with E-state index >= 15 is 0 Å². The van der Waals surface area contributed by atoms with E-state index in [-0.39, 0.29) is 5.41 Å². The average molecular weight is 581 g/mol. The van der Waals surface area contributed by atoms with Crippen LogP contribution in [0.1, 0.15) is 25.0 Å². The van der Waals surface area contributed by atoms with Gasteiger partial charge in [0.25, 0.3) is 0 Å².